The zero-order valence-electron chi connectivity index (χ0n) is 13.7. The minimum absolute atomic E-state index is 0.00982. The van der Waals surface area contributed by atoms with E-state index in [1.807, 2.05) is 0 Å². The van der Waals surface area contributed by atoms with Crippen molar-refractivity contribution < 1.29 is 26.3 Å². The lowest BCUT2D eigenvalue weighted by atomic mass is 10.2. The van der Waals surface area contributed by atoms with Gasteiger partial charge in [0, 0.05) is 19.2 Å². The Kier molecular flexibility index (Phi) is 5.94. The van der Waals surface area contributed by atoms with E-state index in [9.17, 15) is 16.8 Å². The molecule has 1 aromatic rings. The monoisotopic (exact) mass is 378 g/mol. The van der Waals surface area contributed by atoms with E-state index < -0.39 is 20.0 Å². The molecule has 0 aromatic heterocycles. The maximum Gasteiger partial charge on any atom is 0.232 e. The van der Waals surface area contributed by atoms with Gasteiger partial charge < -0.3 is 9.47 Å². The van der Waals surface area contributed by atoms with Crippen LogP contribution in [0.3, 0.4) is 0 Å². The molecule has 0 unspecified atom stereocenters. The predicted molar refractivity (Wildman–Crippen MR) is 91.7 cm³/mol. The number of nitrogens with zero attached hydrogens (tertiary/aromatic N) is 1. The van der Waals surface area contributed by atoms with Gasteiger partial charge in [-0.2, -0.15) is 0 Å². The van der Waals surface area contributed by atoms with Crippen molar-refractivity contribution in [3.05, 3.63) is 18.2 Å². The van der Waals surface area contributed by atoms with E-state index in [0.717, 1.165) is 10.6 Å². The number of fused-ring (bicyclic) bond motifs is 1. The molecule has 0 bridgehead atoms. The van der Waals surface area contributed by atoms with E-state index >= 15 is 0 Å². The van der Waals surface area contributed by atoms with E-state index in [1.54, 1.807) is 25.1 Å². The number of benzene rings is 1. The van der Waals surface area contributed by atoms with Gasteiger partial charge in [0.1, 0.15) is 13.2 Å². The molecule has 0 saturated carbocycles. The van der Waals surface area contributed by atoms with Gasteiger partial charge in [0.15, 0.2) is 11.5 Å². The Bertz CT molecular complexity index is 776. The third-order valence-electron chi connectivity index (χ3n) is 3.32. The predicted octanol–water partition coefficient (Wildman–Crippen LogP) is 0.553. The third-order valence-corrected chi connectivity index (χ3v) is 6.11. The zero-order valence-corrected chi connectivity index (χ0v) is 15.3. The Labute approximate surface area is 142 Å². The standard InChI is InChI=1S/C14H22N2O6S2/c1-3-10-24(19,20)15-6-7-16(23(2,17)18)12-4-5-13-14(11-12)22-9-8-21-13/h4-5,11,15H,3,6-10H2,1-2H3. The first-order valence-electron chi connectivity index (χ1n) is 7.57. The Morgan fingerprint density at radius 2 is 1.79 bits per heavy atom. The van der Waals surface area contributed by atoms with Crippen molar-refractivity contribution in [1.82, 2.24) is 4.72 Å². The van der Waals surface area contributed by atoms with Crippen LogP contribution in [0.4, 0.5) is 5.69 Å². The molecule has 136 valence electrons. The number of anilines is 1. The first-order valence-corrected chi connectivity index (χ1v) is 11.1. The van der Waals surface area contributed by atoms with Crippen LogP contribution in [-0.2, 0) is 20.0 Å². The lowest BCUT2D eigenvalue weighted by molar-refractivity contribution is 0.171. The molecule has 8 nitrogen and oxygen atoms in total. The number of ether oxygens (including phenoxy) is 2. The van der Waals surface area contributed by atoms with Gasteiger partial charge in [-0.05, 0) is 18.6 Å². The van der Waals surface area contributed by atoms with Gasteiger partial charge in [-0.15, -0.1) is 0 Å². The molecule has 0 aliphatic carbocycles. The summed E-state index contributed by atoms with van der Waals surface area (Å²) in [5, 5.41) is 0. The summed E-state index contributed by atoms with van der Waals surface area (Å²) in [6.07, 6.45) is 1.57. The van der Waals surface area contributed by atoms with Gasteiger partial charge in [-0.3, -0.25) is 4.31 Å². The number of hydrogen-bond acceptors (Lipinski definition) is 6. The third kappa shape index (κ3) is 4.99. The summed E-state index contributed by atoms with van der Waals surface area (Å²) in [4.78, 5) is 0. The van der Waals surface area contributed by atoms with Gasteiger partial charge >= 0.3 is 0 Å². The first kappa shape index (κ1) is 18.8. The van der Waals surface area contributed by atoms with Gasteiger partial charge in [0.2, 0.25) is 20.0 Å². The molecule has 0 atom stereocenters. The fourth-order valence-corrected chi connectivity index (χ4v) is 4.32. The van der Waals surface area contributed by atoms with Gasteiger partial charge in [-0.25, -0.2) is 21.6 Å². The molecule has 1 N–H and O–H groups in total. The highest BCUT2D eigenvalue weighted by Crippen LogP contribution is 2.34. The summed E-state index contributed by atoms with van der Waals surface area (Å²) in [5.41, 5.74) is 0.399. The molecule has 0 amide bonds. The summed E-state index contributed by atoms with van der Waals surface area (Å²) in [7, 11) is -6.96. The zero-order chi connectivity index (χ0) is 17.8. The lowest BCUT2D eigenvalue weighted by Crippen LogP contribution is -2.38. The molecule has 10 heteroatoms. The normalized spacial score (nSPS) is 14.4. The van der Waals surface area contributed by atoms with Gasteiger partial charge in [-0.1, -0.05) is 6.92 Å². The largest absolute Gasteiger partial charge is 0.486 e. The summed E-state index contributed by atoms with van der Waals surface area (Å²) in [5.74, 6) is 1.04. The average Bonchev–Trinajstić information content (AvgIpc) is 2.50. The maximum absolute atomic E-state index is 12.1. The van der Waals surface area contributed by atoms with Crippen LogP contribution in [0.1, 0.15) is 13.3 Å². The smallest absolute Gasteiger partial charge is 0.232 e. The first-order chi connectivity index (χ1) is 11.2. The molecule has 0 saturated heterocycles. The van der Waals surface area contributed by atoms with Crippen molar-refractivity contribution in [2.75, 3.05) is 42.6 Å². The highest BCUT2D eigenvalue weighted by Gasteiger charge is 2.21. The van der Waals surface area contributed by atoms with Gasteiger partial charge in [0.05, 0.1) is 17.7 Å². The molecule has 24 heavy (non-hydrogen) atoms. The highest BCUT2D eigenvalue weighted by atomic mass is 32.2. The van der Waals surface area contributed by atoms with Crippen molar-refractivity contribution in [2.45, 2.75) is 13.3 Å². The molecule has 0 spiro atoms. The topological polar surface area (TPSA) is 102 Å². The number of sulfonamides is 2. The molecule has 1 aliphatic heterocycles. The second-order valence-corrected chi connectivity index (χ2v) is 9.21. The van der Waals surface area contributed by atoms with E-state index in [4.69, 9.17) is 9.47 Å². The van der Waals surface area contributed by atoms with E-state index in [2.05, 4.69) is 4.72 Å². The molecule has 0 fully saturated rings. The van der Waals surface area contributed by atoms with Crippen LogP contribution >= 0.6 is 0 Å². The van der Waals surface area contributed by atoms with Crippen LogP contribution in [0.2, 0.25) is 0 Å². The highest BCUT2D eigenvalue weighted by molar-refractivity contribution is 7.92. The summed E-state index contributed by atoms with van der Waals surface area (Å²) < 4.78 is 61.9. The minimum Gasteiger partial charge on any atom is -0.486 e. The fourth-order valence-electron chi connectivity index (χ4n) is 2.32. The second kappa shape index (κ2) is 7.58. The van der Waals surface area contributed by atoms with Gasteiger partial charge in [0.25, 0.3) is 0 Å². The second-order valence-electron chi connectivity index (χ2n) is 5.38. The van der Waals surface area contributed by atoms with E-state index in [1.165, 1.54) is 0 Å². The minimum atomic E-state index is -3.57. The average molecular weight is 378 g/mol. The van der Waals surface area contributed by atoms with Crippen LogP contribution in [0.15, 0.2) is 18.2 Å². The van der Waals surface area contributed by atoms with Crippen molar-refractivity contribution >= 4 is 25.7 Å². The van der Waals surface area contributed by atoms with Crippen LogP contribution < -0.4 is 18.5 Å². The van der Waals surface area contributed by atoms with Crippen molar-refractivity contribution in [3.8, 4) is 11.5 Å². The quantitative estimate of drug-likeness (QED) is 0.709. The molecule has 1 aliphatic rings. The lowest BCUT2D eigenvalue weighted by Gasteiger charge is -2.25. The summed E-state index contributed by atoms with van der Waals surface area (Å²) >= 11 is 0. The Morgan fingerprint density at radius 3 is 2.42 bits per heavy atom. The Hall–Kier alpha value is -1.52. The SMILES string of the molecule is CCCS(=O)(=O)NCCN(c1ccc2c(c1)OCCO2)S(C)(=O)=O. The van der Waals surface area contributed by atoms with E-state index in [0.29, 0.717) is 36.8 Å². The fraction of sp³-hybridized carbons (Fsp3) is 0.571. The summed E-state index contributed by atoms with van der Waals surface area (Å²) in [6, 6.07) is 4.83. The van der Waals surface area contributed by atoms with Crippen molar-refractivity contribution in [2.24, 2.45) is 0 Å². The van der Waals surface area contributed by atoms with Crippen LogP contribution in [0.5, 0.6) is 11.5 Å². The number of hydrogen-bond donors (Lipinski definition) is 1. The molecular formula is C14H22N2O6S2. The van der Waals surface area contributed by atoms with Crippen LogP contribution in [0.25, 0.3) is 0 Å². The molecule has 1 aromatic carbocycles. The molecule has 1 heterocycles. The van der Waals surface area contributed by atoms with E-state index in [-0.39, 0.29) is 18.8 Å². The van der Waals surface area contributed by atoms with Crippen molar-refractivity contribution in [3.63, 3.8) is 0 Å². The molecule has 2 rings (SSSR count). The molecule has 0 radical (unpaired) electrons. The Morgan fingerprint density at radius 1 is 1.12 bits per heavy atom. The molecular weight excluding hydrogens is 356 g/mol. The maximum atomic E-state index is 12.1. The summed E-state index contributed by atoms with van der Waals surface area (Å²) in [6.45, 7) is 2.58. The van der Waals surface area contributed by atoms with Crippen LogP contribution in [0, 0.1) is 0 Å². The number of nitrogens with one attached hydrogen (secondary N) is 1. The Balaban J connectivity index is 2.15. The van der Waals surface area contributed by atoms with Crippen LogP contribution in [-0.4, -0.2) is 55.1 Å². The number of rotatable bonds is 8. The van der Waals surface area contributed by atoms with Crippen molar-refractivity contribution in [1.29, 1.82) is 0 Å².